The van der Waals surface area contributed by atoms with E-state index in [0.29, 0.717) is 18.7 Å². The van der Waals surface area contributed by atoms with Crippen molar-refractivity contribution in [2.24, 2.45) is 0 Å². The van der Waals surface area contributed by atoms with E-state index in [4.69, 9.17) is 4.74 Å². The molecule has 6 heteroatoms. The van der Waals surface area contributed by atoms with Gasteiger partial charge in [0.25, 0.3) is 0 Å². The number of carbonyl (C=O) groups excluding carboxylic acids is 2. The second kappa shape index (κ2) is 11.2. The molecule has 23 heavy (non-hydrogen) atoms. The first-order valence-electron chi connectivity index (χ1n) is 7.47. The number of amides is 1. The van der Waals surface area contributed by atoms with Crippen LogP contribution in [-0.4, -0.2) is 32.4 Å². The predicted molar refractivity (Wildman–Crippen MR) is 85.6 cm³/mol. The molecule has 0 aliphatic carbocycles. The van der Waals surface area contributed by atoms with Crippen molar-refractivity contribution in [1.82, 2.24) is 5.32 Å². The Hall–Kier alpha value is -2.37. The van der Waals surface area contributed by atoms with Crippen molar-refractivity contribution in [1.29, 1.82) is 0 Å². The third-order valence-corrected chi connectivity index (χ3v) is 3.09. The van der Waals surface area contributed by atoms with Crippen LogP contribution in [0.15, 0.2) is 30.3 Å². The van der Waals surface area contributed by atoms with E-state index in [1.54, 1.807) is 30.3 Å². The molecule has 0 saturated heterocycles. The first-order chi connectivity index (χ1) is 11.2. The minimum Gasteiger partial charge on any atom is -0.469 e. The van der Waals surface area contributed by atoms with E-state index in [0.717, 1.165) is 24.8 Å². The number of hydrogen-bond donors (Lipinski definition) is 1. The maximum absolute atomic E-state index is 12.1. The number of halogens is 1. The van der Waals surface area contributed by atoms with E-state index in [2.05, 4.69) is 10.1 Å². The van der Waals surface area contributed by atoms with E-state index in [1.165, 1.54) is 13.2 Å². The first-order valence-corrected chi connectivity index (χ1v) is 7.47. The molecule has 0 saturated carbocycles. The molecule has 0 bridgehead atoms. The number of hydrogen-bond acceptors (Lipinski definition) is 4. The van der Waals surface area contributed by atoms with Crippen LogP contribution in [0.25, 0.3) is 6.08 Å². The second-order valence-corrected chi connectivity index (χ2v) is 4.84. The molecule has 0 fully saturated rings. The zero-order valence-corrected chi connectivity index (χ0v) is 13.2. The maximum Gasteiger partial charge on any atom is 0.305 e. The highest BCUT2D eigenvalue weighted by molar-refractivity contribution is 5.91. The standard InChI is InChI=1S/C17H22FNO4/c1-22-17(21)8-3-2-4-11-19-16(20)10-9-14-6-5-7-15(12-14)23-13-18/h5-7,9-10,12H,2-4,8,11,13H2,1H3,(H,19,20)/b10-9+. The van der Waals surface area contributed by atoms with Gasteiger partial charge < -0.3 is 14.8 Å². The Balaban J connectivity index is 2.23. The third-order valence-electron chi connectivity index (χ3n) is 3.09. The Labute approximate surface area is 135 Å². The van der Waals surface area contributed by atoms with Crippen LogP contribution in [0.4, 0.5) is 4.39 Å². The molecule has 0 radical (unpaired) electrons. The van der Waals surface area contributed by atoms with Crippen LogP contribution in [0.3, 0.4) is 0 Å². The van der Waals surface area contributed by atoms with Crippen LogP contribution in [0, 0.1) is 0 Å². The van der Waals surface area contributed by atoms with Crippen LogP contribution in [0.5, 0.6) is 5.75 Å². The quantitative estimate of drug-likeness (QED) is 0.408. The molecule has 1 aromatic carbocycles. The van der Waals surface area contributed by atoms with E-state index in [9.17, 15) is 14.0 Å². The predicted octanol–water partition coefficient (Wildman–Crippen LogP) is 2.86. The molecule has 1 amide bonds. The molecule has 0 unspecified atom stereocenters. The van der Waals surface area contributed by atoms with Gasteiger partial charge in [-0.2, -0.15) is 0 Å². The molecule has 0 aliphatic heterocycles. The molecule has 1 aromatic rings. The minimum absolute atomic E-state index is 0.199. The van der Waals surface area contributed by atoms with E-state index < -0.39 is 6.86 Å². The zero-order valence-electron chi connectivity index (χ0n) is 13.2. The van der Waals surface area contributed by atoms with Crippen molar-refractivity contribution in [2.45, 2.75) is 25.7 Å². The number of ether oxygens (including phenoxy) is 2. The highest BCUT2D eigenvalue weighted by Gasteiger charge is 2.00. The highest BCUT2D eigenvalue weighted by Crippen LogP contribution is 2.14. The summed E-state index contributed by atoms with van der Waals surface area (Å²) < 4.78 is 21.4. The Morgan fingerprint density at radius 1 is 1.26 bits per heavy atom. The maximum atomic E-state index is 12.1. The number of unbranched alkanes of at least 4 members (excludes halogenated alkanes) is 2. The van der Waals surface area contributed by atoms with Crippen molar-refractivity contribution in [3.8, 4) is 5.75 Å². The van der Waals surface area contributed by atoms with Gasteiger partial charge in [-0.05, 0) is 36.6 Å². The Morgan fingerprint density at radius 3 is 2.83 bits per heavy atom. The van der Waals surface area contributed by atoms with Gasteiger partial charge in [-0.25, -0.2) is 4.39 Å². The largest absolute Gasteiger partial charge is 0.469 e. The average molecular weight is 323 g/mol. The van der Waals surface area contributed by atoms with Gasteiger partial charge in [0.2, 0.25) is 12.8 Å². The topological polar surface area (TPSA) is 64.6 Å². The monoisotopic (exact) mass is 323 g/mol. The van der Waals surface area contributed by atoms with Gasteiger partial charge in [-0.15, -0.1) is 0 Å². The Kier molecular flexibility index (Phi) is 9.12. The van der Waals surface area contributed by atoms with Gasteiger partial charge in [0, 0.05) is 19.0 Å². The van der Waals surface area contributed by atoms with Gasteiger partial charge in [0.15, 0.2) is 0 Å². The highest BCUT2D eigenvalue weighted by atomic mass is 19.1. The van der Waals surface area contributed by atoms with Crippen molar-refractivity contribution in [2.75, 3.05) is 20.5 Å². The number of alkyl halides is 1. The summed E-state index contributed by atoms with van der Waals surface area (Å²) in [4.78, 5) is 22.6. The van der Waals surface area contributed by atoms with Crippen LogP contribution >= 0.6 is 0 Å². The summed E-state index contributed by atoms with van der Waals surface area (Å²) in [5, 5.41) is 2.76. The number of carbonyl (C=O) groups is 2. The summed E-state index contributed by atoms with van der Waals surface area (Å²) in [6.07, 6.45) is 5.86. The van der Waals surface area contributed by atoms with Crippen molar-refractivity contribution < 1.29 is 23.5 Å². The molecule has 126 valence electrons. The number of benzene rings is 1. The molecule has 1 rings (SSSR count). The molecule has 1 N–H and O–H groups in total. The van der Waals surface area contributed by atoms with E-state index >= 15 is 0 Å². The molecule has 0 atom stereocenters. The number of esters is 1. The molecular formula is C17H22FNO4. The van der Waals surface area contributed by atoms with Crippen LogP contribution in [-0.2, 0) is 14.3 Å². The summed E-state index contributed by atoms with van der Waals surface area (Å²) >= 11 is 0. The van der Waals surface area contributed by atoms with Gasteiger partial charge in [0.1, 0.15) is 5.75 Å². The Morgan fingerprint density at radius 2 is 2.09 bits per heavy atom. The van der Waals surface area contributed by atoms with Gasteiger partial charge in [0.05, 0.1) is 7.11 Å². The first kappa shape index (κ1) is 18.7. The number of nitrogens with one attached hydrogen (secondary N) is 1. The Bertz CT molecular complexity index is 531. The lowest BCUT2D eigenvalue weighted by atomic mass is 10.2. The normalized spacial score (nSPS) is 10.5. The third kappa shape index (κ3) is 8.60. The lowest BCUT2D eigenvalue weighted by Crippen LogP contribution is -2.22. The van der Waals surface area contributed by atoms with Crippen LogP contribution < -0.4 is 10.1 Å². The summed E-state index contributed by atoms with van der Waals surface area (Å²) in [5.41, 5.74) is 0.754. The fourth-order valence-electron chi connectivity index (χ4n) is 1.89. The van der Waals surface area contributed by atoms with Gasteiger partial charge in [-0.3, -0.25) is 9.59 Å². The SMILES string of the molecule is COC(=O)CCCCCNC(=O)/C=C/c1cccc(OCF)c1. The second-order valence-electron chi connectivity index (χ2n) is 4.84. The molecule has 0 spiro atoms. The van der Waals surface area contributed by atoms with E-state index in [-0.39, 0.29) is 11.9 Å². The van der Waals surface area contributed by atoms with Crippen molar-refractivity contribution >= 4 is 18.0 Å². The fourth-order valence-corrected chi connectivity index (χ4v) is 1.89. The summed E-state index contributed by atoms with van der Waals surface area (Å²) in [6, 6.07) is 6.81. The van der Waals surface area contributed by atoms with E-state index in [1.807, 2.05) is 0 Å². The molecule has 0 aromatic heterocycles. The van der Waals surface area contributed by atoms with Gasteiger partial charge in [-0.1, -0.05) is 18.6 Å². The van der Waals surface area contributed by atoms with Crippen molar-refractivity contribution in [3.63, 3.8) is 0 Å². The smallest absolute Gasteiger partial charge is 0.305 e. The molecule has 0 aliphatic rings. The summed E-state index contributed by atoms with van der Waals surface area (Å²) in [6.45, 7) is -0.334. The average Bonchev–Trinajstić information content (AvgIpc) is 2.56. The lowest BCUT2D eigenvalue weighted by Gasteiger charge is -2.03. The van der Waals surface area contributed by atoms with Crippen LogP contribution in [0.2, 0.25) is 0 Å². The number of rotatable bonds is 10. The van der Waals surface area contributed by atoms with Crippen molar-refractivity contribution in [3.05, 3.63) is 35.9 Å². The zero-order chi connectivity index (χ0) is 16.9. The minimum atomic E-state index is -0.885. The summed E-state index contributed by atoms with van der Waals surface area (Å²) in [7, 11) is 1.37. The van der Waals surface area contributed by atoms with Gasteiger partial charge >= 0.3 is 5.97 Å². The number of methoxy groups -OCH3 is 1. The summed E-state index contributed by atoms with van der Waals surface area (Å²) in [5.74, 6) is 0.00591. The molecular weight excluding hydrogens is 301 g/mol. The molecule has 5 nitrogen and oxygen atoms in total. The fraction of sp³-hybridized carbons (Fsp3) is 0.412. The van der Waals surface area contributed by atoms with Crippen LogP contribution in [0.1, 0.15) is 31.2 Å². The lowest BCUT2D eigenvalue weighted by molar-refractivity contribution is -0.140. The molecule has 0 heterocycles.